The number of fused-ring (bicyclic) bond motifs is 1. The Kier molecular flexibility index (Phi) is 2.49. The van der Waals surface area contributed by atoms with E-state index in [1.165, 1.54) is 16.4 Å². The lowest BCUT2D eigenvalue weighted by molar-refractivity contribution is 0.0116. The monoisotopic (exact) mass is 261 g/mol. The molecular formula is C12H11N3O2S. The molecular weight excluding hydrogens is 250 g/mol. The molecule has 0 aliphatic carbocycles. The summed E-state index contributed by atoms with van der Waals surface area (Å²) in [7, 11) is 0. The smallest absolute Gasteiger partial charge is 0.295 e. The standard InChI is InChI=1S/C12H11N3O2S/c1-8-10(16)13-11-15(14-8)12(17,7-18-11)9-5-3-2-4-6-9/h2-6,17H,7H2,1H3/t12-/m1/s1. The lowest BCUT2D eigenvalue weighted by Gasteiger charge is -2.24. The average Bonchev–Trinajstić information content (AvgIpc) is 2.70. The van der Waals surface area contributed by atoms with Crippen LogP contribution in [0.5, 0.6) is 0 Å². The molecule has 1 N–H and O–H groups in total. The highest BCUT2D eigenvalue weighted by atomic mass is 32.2. The first-order valence-electron chi connectivity index (χ1n) is 5.50. The summed E-state index contributed by atoms with van der Waals surface area (Å²) in [6, 6.07) is 9.28. The zero-order valence-corrected chi connectivity index (χ0v) is 10.5. The van der Waals surface area contributed by atoms with Crippen molar-refractivity contribution in [2.75, 3.05) is 5.75 Å². The van der Waals surface area contributed by atoms with Crippen LogP contribution in [0.4, 0.5) is 0 Å². The number of aromatic nitrogens is 3. The summed E-state index contributed by atoms with van der Waals surface area (Å²) < 4.78 is 1.43. The van der Waals surface area contributed by atoms with Gasteiger partial charge in [0.25, 0.3) is 5.56 Å². The first kappa shape index (κ1) is 11.4. The van der Waals surface area contributed by atoms with Gasteiger partial charge in [0.2, 0.25) is 0 Å². The van der Waals surface area contributed by atoms with Crippen LogP contribution in [0.15, 0.2) is 40.3 Å². The topological polar surface area (TPSA) is 68.0 Å². The normalized spacial score (nSPS) is 21.9. The summed E-state index contributed by atoms with van der Waals surface area (Å²) in [6.45, 7) is 1.59. The Morgan fingerprint density at radius 2 is 2.11 bits per heavy atom. The second kappa shape index (κ2) is 3.93. The summed E-state index contributed by atoms with van der Waals surface area (Å²) >= 11 is 1.33. The Morgan fingerprint density at radius 3 is 2.83 bits per heavy atom. The van der Waals surface area contributed by atoms with Crippen molar-refractivity contribution in [2.24, 2.45) is 0 Å². The van der Waals surface area contributed by atoms with E-state index >= 15 is 0 Å². The van der Waals surface area contributed by atoms with E-state index in [0.29, 0.717) is 10.9 Å². The molecule has 0 saturated heterocycles. The van der Waals surface area contributed by atoms with Crippen molar-refractivity contribution in [3.05, 3.63) is 51.9 Å². The lowest BCUT2D eigenvalue weighted by atomic mass is 10.1. The van der Waals surface area contributed by atoms with Crippen LogP contribution in [-0.2, 0) is 5.72 Å². The number of hydrogen-bond acceptors (Lipinski definition) is 5. The molecule has 0 amide bonds. The number of aryl methyl sites for hydroxylation is 1. The number of nitrogens with zero attached hydrogens (tertiary/aromatic N) is 3. The molecule has 92 valence electrons. The summed E-state index contributed by atoms with van der Waals surface area (Å²) in [6.07, 6.45) is 0. The maximum atomic E-state index is 11.4. The van der Waals surface area contributed by atoms with E-state index in [4.69, 9.17) is 0 Å². The Hall–Kier alpha value is -1.66. The van der Waals surface area contributed by atoms with Gasteiger partial charge in [-0.25, -0.2) is 4.68 Å². The molecule has 5 nitrogen and oxygen atoms in total. The van der Waals surface area contributed by atoms with Gasteiger partial charge in [0.15, 0.2) is 10.9 Å². The largest absolute Gasteiger partial charge is 0.365 e. The molecule has 18 heavy (non-hydrogen) atoms. The van der Waals surface area contributed by atoms with Gasteiger partial charge in [0.05, 0.1) is 5.75 Å². The second-order valence-electron chi connectivity index (χ2n) is 4.17. The predicted octanol–water partition coefficient (Wildman–Crippen LogP) is 0.746. The van der Waals surface area contributed by atoms with Crippen molar-refractivity contribution in [2.45, 2.75) is 17.8 Å². The molecule has 0 spiro atoms. The van der Waals surface area contributed by atoms with E-state index in [0.717, 1.165) is 5.56 Å². The van der Waals surface area contributed by atoms with Crippen molar-refractivity contribution < 1.29 is 5.11 Å². The molecule has 1 aliphatic heterocycles. The summed E-state index contributed by atoms with van der Waals surface area (Å²) in [5.74, 6) is 0.403. The SMILES string of the molecule is Cc1nn2c(nc1=O)SC[C@@]2(O)c1ccccc1. The third-order valence-corrected chi connectivity index (χ3v) is 4.00. The quantitative estimate of drug-likeness (QED) is 0.820. The fourth-order valence-corrected chi connectivity index (χ4v) is 3.00. The maximum absolute atomic E-state index is 11.4. The summed E-state index contributed by atoms with van der Waals surface area (Å²) in [5, 5.41) is 15.4. The van der Waals surface area contributed by atoms with E-state index in [1.54, 1.807) is 6.92 Å². The predicted molar refractivity (Wildman–Crippen MR) is 67.5 cm³/mol. The Balaban J connectivity index is 2.20. The van der Waals surface area contributed by atoms with Gasteiger partial charge in [-0.2, -0.15) is 10.1 Å². The molecule has 0 radical (unpaired) electrons. The van der Waals surface area contributed by atoms with Gasteiger partial charge in [-0.05, 0) is 6.92 Å². The van der Waals surface area contributed by atoms with Gasteiger partial charge in [0, 0.05) is 5.56 Å². The van der Waals surface area contributed by atoms with Crippen LogP contribution in [0.1, 0.15) is 11.3 Å². The average molecular weight is 261 g/mol. The summed E-state index contributed by atoms with van der Waals surface area (Å²) in [4.78, 5) is 15.4. The molecule has 2 heterocycles. The minimum Gasteiger partial charge on any atom is -0.365 e. The lowest BCUT2D eigenvalue weighted by Crippen LogP contribution is -2.37. The number of hydrogen-bond donors (Lipinski definition) is 1. The van der Waals surface area contributed by atoms with Crippen molar-refractivity contribution >= 4 is 11.8 Å². The van der Waals surface area contributed by atoms with Crippen LogP contribution in [0.2, 0.25) is 0 Å². The third-order valence-electron chi connectivity index (χ3n) is 2.93. The highest BCUT2D eigenvalue weighted by Gasteiger charge is 2.40. The maximum Gasteiger partial charge on any atom is 0.295 e. The highest BCUT2D eigenvalue weighted by Crippen LogP contribution is 2.37. The van der Waals surface area contributed by atoms with Crippen LogP contribution in [-0.4, -0.2) is 25.6 Å². The third kappa shape index (κ3) is 1.57. The van der Waals surface area contributed by atoms with Gasteiger partial charge in [-0.3, -0.25) is 4.79 Å². The first-order valence-corrected chi connectivity index (χ1v) is 6.49. The molecule has 1 atom stereocenters. The van der Waals surface area contributed by atoms with Gasteiger partial charge < -0.3 is 5.11 Å². The number of rotatable bonds is 1. The number of thioether (sulfide) groups is 1. The summed E-state index contributed by atoms with van der Waals surface area (Å²) in [5.41, 5.74) is -0.539. The fraction of sp³-hybridized carbons (Fsp3) is 0.250. The second-order valence-corrected chi connectivity index (χ2v) is 5.11. The molecule has 6 heteroatoms. The minimum absolute atomic E-state index is 0.288. The van der Waals surface area contributed by atoms with E-state index in [9.17, 15) is 9.90 Å². The van der Waals surface area contributed by atoms with Gasteiger partial charge in [0.1, 0.15) is 5.69 Å². The molecule has 3 rings (SSSR count). The molecule has 0 unspecified atom stereocenters. The zero-order valence-electron chi connectivity index (χ0n) is 9.70. The van der Waals surface area contributed by atoms with Crippen molar-refractivity contribution in [3.63, 3.8) is 0 Å². The van der Waals surface area contributed by atoms with Gasteiger partial charge in [-0.15, -0.1) is 0 Å². The van der Waals surface area contributed by atoms with Gasteiger partial charge >= 0.3 is 0 Å². The van der Waals surface area contributed by atoms with Crippen molar-refractivity contribution in [3.8, 4) is 0 Å². The van der Waals surface area contributed by atoms with Crippen LogP contribution in [0.25, 0.3) is 0 Å². The van der Waals surface area contributed by atoms with Crippen LogP contribution in [0, 0.1) is 6.92 Å². The zero-order chi connectivity index (χ0) is 12.8. The van der Waals surface area contributed by atoms with Crippen LogP contribution >= 0.6 is 11.8 Å². The van der Waals surface area contributed by atoms with E-state index < -0.39 is 5.72 Å². The first-order chi connectivity index (χ1) is 8.61. The molecule has 0 saturated carbocycles. The Morgan fingerprint density at radius 1 is 1.39 bits per heavy atom. The van der Waals surface area contributed by atoms with Crippen molar-refractivity contribution in [1.29, 1.82) is 0 Å². The highest BCUT2D eigenvalue weighted by molar-refractivity contribution is 7.99. The fourth-order valence-electron chi connectivity index (χ4n) is 1.92. The van der Waals surface area contributed by atoms with E-state index in [1.807, 2.05) is 30.3 Å². The minimum atomic E-state index is -1.23. The van der Waals surface area contributed by atoms with Crippen LogP contribution < -0.4 is 5.56 Å². The van der Waals surface area contributed by atoms with Crippen molar-refractivity contribution in [1.82, 2.24) is 14.8 Å². The molecule has 1 aromatic carbocycles. The Bertz CT molecular complexity index is 656. The Labute approximate surface area is 107 Å². The van der Waals surface area contributed by atoms with E-state index in [2.05, 4.69) is 10.1 Å². The molecule has 0 fully saturated rings. The molecule has 1 aromatic heterocycles. The number of benzene rings is 1. The van der Waals surface area contributed by atoms with Crippen LogP contribution in [0.3, 0.4) is 0 Å². The van der Waals surface area contributed by atoms with Gasteiger partial charge in [-0.1, -0.05) is 42.1 Å². The van der Waals surface area contributed by atoms with E-state index in [-0.39, 0.29) is 11.3 Å². The molecule has 1 aliphatic rings. The molecule has 2 aromatic rings. The number of aliphatic hydroxyl groups is 1. The molecule has 0 bridgehead atoms.